The highest BCUT2D eigenvalue weighted by Crippen LogP contribution is 2.35. The number of ether oxygens (including phenoxy) is 1. The zero-order valence-electron chi connectivity index (χ0n) is 26.5. The fraction of sp³-hybridized carbons (Fsp3) is 0.270. The Morgan fingerprint density at radius 3 is 2.46 bits per heavy atom. The van der Waals surface area contributed by atoms with E-state index in [4.69, 9.17) is 9.72 Å². The normalized spacial score (nSPS) is 12.2. The number of aromatic amines is 1. The van der Waals surface area contributed by atoms with Crippen LogP contribution in [0.5, 0.6) is 5.75 Å². The first-order chi connectivity index (χ1) is 22.6. The van der Waals surface area contributed by atoms with Crippen molar-refractivity contribution < 1.29 is 4.74 Å². The van der Waals surface area contributed by atoms with Crippen LogP contribution in [0.15, 0.2) is 91.3 Å². The molecule has 0 amide bonds. The number of aromatic nitrogens is 8. The number of imidazole rings is 2. The summed E-state index contributed by atoms with van der Waals surface area (Å²) < 4.78 is 11.5. The first kappa shape index (κ1) is 29.4. The Kier molecular flexibility index (Phi) is 8.29. The van der Waals surface area contributed by atoms with Crippen molar-refractivity contribution in [2.75, 3.05) is 0 Å². The van der Waals surface area contributed by atoms with Crippen LogP contribution in [-0.4, -0.2) is 39.7 Å². The number of benzene rings is 4. The molecule has 46 heavy (non-hydrogen) atoms. The second kappa shape index (κ2) is 13.0. The summed E-state index contributed by atoms with van der Waals surface area (Å²) in [5, 5.41) is 14.7. The monoisotopic (exact) mass is 610 g/mol. The summed E-state index contributed by atoms with van der Waals surface area (Å²) in [4.78, 5) is 9.87. The van der Waals surface area contributed by atoms with Gasteiger partial charge in [0.05, 0.1) is 22.9 Å². The van der Waals surface area contributed by atoms with Crippen LogP contribution in [0.1, 0.15) is 62.7 Å². The van der Waals surface area contributed by atoms with Gasteiger partial charge in [-0.15, -0.1) is 10.2 Å². The Morgan fingerprint density at radius 2 is 1.67 bits per heavy atom. The third-order valence-corrected chi connectivity index (χ3v) is 8.60. The van der Waals surface area contributed by atoms with Gasteiger partial charge in [-0.1, -0.05) is 93.4 Å². The fourth-order valence-corrected chi connectivity index (χ4v) is 6.21. The van der Waals surface area contributed by atoms with Crippen LogP contribution < -0.4 is 4.74 Å². The summed E-state index contributed by atoms with van der Waals surface area (Å²) in [5.41, 5.74) is 9.52. The molecule has 0 fully saturated rings. The predicted octanol–water partition coefficient (Wildman–Crippen LogP) is 8.31. The standard InChI is InChI=1S/C37H38N8O/c1-4-6-16-33-39-35-25(3)17-22-32(46-34(11-5-2)45-24-38-30-14-9-10-15-31(30)45)36(35)44(33)23-26-18-20-27(21-19-26)28-12-7-8-13-29(28)37-40-42-43-41-37/h7-10,12-15,17-22,24,34H,4-6,11,16,23H2,1-3H3,(H,40,41,42,43). The van der Waals surface area contributed by atoms with Crippen LogP contribution in [-0.2, 0) is 13.0 Å². The van der Waals surface area contributed by atoms with Gasteiger partial charge in [-0.2, -0.15) is 5.21 Å². The zero-order valence-corrected chi connectivity index (χ0v) is 26.5. The maximum Gasteiger partial charge on any atom is 0.205 e. The van der Waals surface area contributed by atoms with Crippen molar-refractivity contribution >= 4 is 22.1 Å². The van der Waals surface area contributed by atoms with Crippen molar-refractivity contribution in [3.05, 3.63) is 108 Å². The van der Waals surface area contributed by atoms with Crippen LogP contribution >= 0.6 is 0 Å². The van der Waals surface area contributed by atoms with Crippen molar-refractivity contribution in [1.29, 1.82) is 0 Å². The predicted molar refractivity (Wildman–Crippen MR) is 182 cm³/mol. The van der Waals surface area contributed by atoms with E-state index in [1.54, 1.807) is 0 Å². The number of nitrogens with one attached hydrogen (secondary N) is 1. The van der Waals surface area contributed by atoms with E-state index in [9.17, 15) is 0 Å². The number of unbranched alkanes of at least 4 members (excludes halogenated alkanes) is 1. The molecule has 0 saturated carbocycles. The van der Waals surface area contributed by atoms with Crippen LogP contribution in [0.3, 0.4) is 0 Å². The summed E-state index contributed by atoms with van der Waals surface area (Å²) in [7, 11) is 0. The van der Waals surface area contributed by atoms with E-state index < -0.39 is 0 Å². The van der Waals surface area contributed by atoms with Gasteiger partial charge in [0.2, 0.25) is 5.82 Å². The Bertz CT molecular complexity index is 2070. The third-order valence-electron chi connectivity index (χ3n) is 8.60. The van der Waals surface area contributed by atoms with E-state index in [0.717, 1.165) is 88.0 Å². The number of rotatable bonds is 12. The highest BCUT2D eigenvalue weighted by molar-refractivity contribution is 5.86. The maximum absolute atomic E-state index is 6.94. The van der Waals surface area contributed by atoms with Crippen LogP contribution in [0.25, 0.3) is 44.6 Å². The van der Waals surface area contributed by atoms with Gasteiger partial charge in [0.1, 0.15) is 17.1 Å². The van der Waals surface area contributed by atoms with E-state index in [1.807, 2.05) is 36.7 Å². The molecule has 0 spiro atoms. The number of aryl methyl sites for hydroxylation is 2. The molecule has 1 N–H and O–H groups in total. The van der Waals surface area contributed by atoms with Gasteiger partial charge < -0.3 is 9.30 Å². The number of hydrogen-bond donors (Lipinski definition) is 1. The van der Waals surface area contributed by atoms with E-state index in [0.29, 0.717) is 12.4 Å². The van der Waals surface area contributed by atoms with Crippen LogP contribution in [0, 0.1) is 6.92 Å². The van der Waals surface area contributed by atoms with E-state index in [1.165, 1.54) is 5.56 Å². The first-order valence-electron chi connectivity index (χ1n) is 16.1. The molecule has 9 heteroatoms. The van der Waals surface area contributed by atoms with E-state index in [-0.39, 0.29) is 6.23 Å². The molecular weight excluding hydrogens is 572 g/mol. The molecule has 3 heterocycles. The van der Waals surface area contributed by atoms with Gasteiger partial charge in [-0.05, 0) is 59.0 Å². The summed E-state index contributed by atoms with van der Waals surface area (Å²) in [6.45, 7) is 7.24. The molecule has 0 bridgehead atoms. The van der Waals surface area contributed by atoms with Gasteiger partial charge in [-0.3, -0.25) is 4.57 Å². The molecule has 7 rings (SSSR count). The summed E-state index contributed by atoms with van der Waals surface area (Å²) >= 11 is 0. The molecule has 0 aliphatic rings. The highest BCUT2D eigenvalue weighted by atomic mass is 16.5. The van der Waals surface area contributed by atoms with Crippen LogP contribution in [0.4, 0.5) is 0 Å². The SMILES string of the molecule is CCCCc1nc2c(C)ccc(OC(CCC)n3cnc4ccccc43)c2n1Cc1ccc(-c2ccccc2-c2nn[nH]n2)cc1. The van der Waals surface area contributed by atoms with Gasteiger partial charge in [0.15, 0.2) is 6.23 Å². The summed E-state index contributed by atoms with van der Waals surface area (Å²) in [6, 6.07) is 29.3. The van der Waals surface area contributed by atoms with Crippen molar-refractivity contribution in [1.82, 2.24) is 39.7 Å². The molecule has 1 atom stereocenters. The Hall–Kier alpha value is -5.31. The molecule has 232 valence electrons. The summed E-state index contributed by atoms with van der Waals surface area (Å²) in [5.74, 6) is 2.51. The fourth-order valence-electron chi connectivity index (χ4n) is 6.21. The van der Waals surface area contributed by atoms with Gasteiger partial charge in [0, 0.05) is 24.9 Å². The Labute approximate surface area is 268 Å². The van der Waals surface area contributed by atoms with Gasteiger partial charge >= 0.3 is 0 Å². The zero-order chi connectivity index (χ0) is 31.5. The minimum absolute atomic E-state index is 0.190. The molecule has 9 nitrogen and oxygen atoms in total. The smallest absolute Gasteiger partial charge is 0.205 e. The summed E-state index contributed by atoms with van der Waals surface area (Å²) in [6.07, 6.45) is 6.64. The number of para-hydroxylation sites is 2. The molecule has 1 unspecified atom stereocenters. The van der Waals surface area contributed by atoms with Crippen LogP contribution in [0.2, 0.25) is 0 Å². The number of tetrazole rings is 1. The lowest BCUT2D eigenvalue weighted by Gasteiger charge is -2.22. The van der Waals surface area contributed by atoms with Gasteiger partial charge in [-0.25, -0.2) is 9.97 Å². The lowest BCUT2D eigenvalue weighted by molar-refractivity contribution is 0.127. The minimum atomic E-state index is -0.190. The van der Waals surface area contributed by atoms with Gasteiger partial charge in [0.25, 0.3) is 0 Å². The molecule has 0 saturated heterocycles. The molecule has 3 aromatic heterocycles. The number of fused-ring (bicyclic) bond motifs is 2. The molecular formula is C37H38N8O. The van der Waals surface area contributed by atoms with Crippen molar-refractivity contribution in [2.24, 2.45) is 0 Å². The molecule has 4 aromatic carbocycles. The quantitative estimate of drug-likeness (QED) is 0.149. The van der Waals surface area contributed by atoms with Crippen molar-refractivity contribution in [2.45, 2.75) is 65.6 Å². The minimum Gasteiger partial charge on any atom is -0.468 e. The molecule has 7 aromatic rings. The average Bonchev–Trinajstić information content (AvgIpc) is 3.85. The second-order valence-electron chi connectivity index (χ2n) is 11.8. The topological polar surface area (TPSA) is 99.3 Å². The largest absolute Gasteiger partial charge is 0.468 e. The average molecular weight is 611 g/mol. The molecule has 0 radical (unpaired) electrons. The lowest BCUT2D eigenvalue weighted by Crippen LogP contribution is -2.16. The molecule has 0 aliphatic heterocycles. The Balaban J connectivity index is 1.27. The number of hydrogen-bond acceptors (Lipinski definition) is 6. The number of nitrogens with zero attached hydrogens (tertiary/aromatic N) is 7. The maximum atomic E-state index is 6.94. The molecule has 0 aliphatic carbocycles. The van der Waals surface area contributed by atoms with Crippen molar-refractivity contribution in [3.8, 4) is 28.3 Å². The second-order valence-corrected chi connectivity index (χ2v) is 11.8. The van der Waals surface area contributed by atoms with Crippen molar-refractivity contribution in [3.63, 3.8) is 0 Å². The van der Waals surface area contributed by atoms with E-state index >= 15 is 0 Å². The lowest BCUT2D eigenvalue weighted by atomic mass is 9.98. The first-order valence-corrected chi connectivity index (χ1v) is 16.1. The Morgan fingerprint density at radius 1 is 0.870 bits per heavy atom. The third kappa shape index (κ3) is 5.64. The van der Waals surface area contributed by atoms with E-state index in [2.05, 4.69) is 110 Å². The number of H-pyrrole nitrogens is 1. The highest BCUT2D eigenvalue weighted by Gasteiger charge is 2.22.